The van der Waals surface area contributed by atoms with E-state index < -0.39 is 6.04 Å². The van der Waals surface area contributed by atoms with Crippen LogP contribution in [0.1, 0.15) is 35.2 Å². The number of nitrogens with zero attached hydrogens (tertiary/aromatic N) is 3. The Labute approximate surface area is 277 Å². The van der Waals surface area contributed by atoms with E-state index in [9.17, 15) is 4.79 Å². The Morgan fingerprint density at radius 2 is 1.78 bits per heavy atom. The summed E-state index contributed by atoms with van der Waals surface area (Å²) in [5.74, 6) is 2.09. The van der Waals surface area contributed by atoms with Crippen molar-refractivity contribution >= 4 is 40.9 Å². The maximum atomic E-state index is 14.0. The number of aromatic nitrogens is 3. The highest BCUT2D eigenvalue weighted by Crippen LogP contribution is 2.40. The summed E-state index contributed by atoms with van der Waals surface area (Å²) in [7, 11) is 1.61. The molecule has 0 aliphatic carbocycles. The second kappa shape index (κ2) is 14.1. The van der Waals surface area contributed by atoms with Gasteiger partial charge in [-0.15, -0.1) is 5.10 Å². The van der Waals surface area contributed by atoms with Crippen molar-refractivity contribution in [1.82, 2.24) is 14.8 Å². The van der Waals surface area contributed by atoms with Gasteiger partial charge in [-0.05, 0) is 66.4 Å². The van der Waals surface area contributed by atoms with Gasteiger partial charge in [0.15, 0.2) is 11.5 Å². The van der Waals surface area contributed by atoms with Crippen LogP contribution in [0, 0.1) is 6.92 Å². The molecule has 1 atom stereocenters. The van der Waals surface area contributed by atoms with Crippen molar-refractivity contribution in [2.45, 2.75) is 37.2 Å². The number of hydrogen-bond acceptors (Lipinski definition) is 7. The lowest BCUT2D eigenvalue weighted by Crippen LogP contribution is -2.31. The van der Waals surface area contributed by atoms with Crippen molar-refractivity contribution in [1.29, 1.82) is 0 Å². The Balaban J connectivity index is 1.32. The third-order valence-electron chi connectivity index (χ3n) is 7.66. The zero-order valence-electron chi connectivity index (χ0n) is 25.8. The Hall–Kier alpha value is -4.73. The lowest BCUT2D eigenvalue weighted by molar-refractivity contribution is -0.113. The molecule has 2 N–H and O–H groups in total. The molecule has 0 radical (unpaired) electrons. The quantitative estimate of drug-likeness (QED) is 0.140. The molecule has 1 unspecified atom stereocenters. The van der Waals surface area contributed by atoms with Crippen LogP contribution in [-0.2, 0) is 17.0 Å². The van der Waals surface area contributed by atoms with Gasteiger partial charge in [0.1, 0.15) is 6.04 Å². The lowest BCUT2D eigenvalue weighted by atomic mass is 9.94. The smallest absolute Gasteiger partial charge is 0.255 e. The number of amides is 1. The number of rotatable bonds is 11. The molecule has 0 bridgehead atoms. The fraction of sp³-hybridized carbons (Fsp3) is 0.194. The lowest BCUT2D eigenvalue weighted by Gasteiger charge is -2.29. The van der Waals surface area contributed by atoms with Gasteiger partial charge in [-0.25, -0.2) is 4.68 Å². The molecule has 0 saturated carbocycles. The standard InChI is InChI=1S/C36H34ClN5O3S/c1-23-10-9-14-28(20-23)39-34(43)32-24(2)38-35-40-36(46-22-27-13-7-8-15-29(27)37)41-42(35)33(32)26-16-17-30(31(21-26)44-3)45-19-18-25-11-5-4-6-12-25/h4-17,20-21,33H,18-19,22H2,1-3H3,(H,39,43)(H,38,40,41). The Bertz CT molecular complexity index is 1890. The van der Waals surface area contributed by atoms with Gasteiger partial charge in [0.25, 0.3) is 5.91 Å². The number of ether oxygens (including phenoxy) is 2. The maximum absolute atomic E-state index is 14.0. The van der Waals surface area contributed by atoms with Crippen LogP contribution in [0.4, 0.5) is 11.6 Å². The van der Waals surface area contributed by atoms with E-state index in [-0.39, 0.29) is 5.91 Å². The Kier molecular flexibility index (Phi) is 9.61. The SMILES string of the molecule is COc1cc(C2C(C(=O)Nc3cccc(C)c3)=C(C)Nc3nc(SCc4ccccc4Cl)nn32)ccc1OCCc1ccccc1. The number of allylic oxidation sites excluding steroid dienone is 1. The summed E-state index contributed by atoms with van der Waals surface area (Å²) in [5, 5.41) is 12.5. The van der Waals surface area contributed by atoms with Crippen LogP contribution in [0.5, 0.6) is 11.5 Å². The van der Waals surface area contributed by atoms with Crippen molar-refractivity contribution < 1.29 is 14.3 Å². The number of thioether (sulfide) groups is 1. The highest BCUT2D eigenvalue weighted by molar-refractivity contribution is 7.98. The zero-order chi connectivity index (χ0) is 32.0. The minimum absolute atomic E-state index is 0.242. The second-order valence-corrected chi connectivity index (χ2v) is 12.3. The van der Waals surface area contributed by atoms with E-state index in [4.69, 9.17) is 31.2 Å². The molecule has 0 fully saturated rings. The molecular weight excluding hydrogens is 618 g/mol. The predicted molar refractivity (Wildman–Crippen MR) is 184 cm³/mol. The normalized spacial score (nSPS) is 14.0. The molecule has 1 amide bonds. The molecule has 2 heterocycles. The number of anilines is 2. The summed E-state index contributed by atoms with van der Waals surface area (Å²) in [6, 6.07) is 30.8. The van der Waals surface area contributed by atoms with E-state index in [2.05, 4.69) is 22.8 Å². The van der Waals surface area contributed by atoms with E-state index in [1.54, 1.807) is 11.8 Å². The zero-order valence-corrected chi connectivity index (χ0v) is 27.4. The van der Waals surface area contributed by atoms with Crippen LogP contribution in [-0.4, -0.2) is 34.4 Å². The van der Waals surface area contributed by atoms with Crippen LogP contribution in [0.25, 0.3) is 0 Å². The highest BCUT2D eigenvalue weighted by Gasteiger charge is 2.35. The molecule has 1 aliphatic rings. The van der Waals surface area contributed by atoms with Crippen molar-refractivity contribution in [3.8, 4) is 11.5 Å². The van der Waals surface area contributed by atoms with Crippen molar-refractivity contribution in [3.63, 3.8) is 0 Å². The number of carbonyl (C=O) groups excluding carboxylic acids is 1. The topological polar surface area (TPSA) is 90.3 Å². The Morgan fingerprint density at radius 1 is 0.978 bits per heavy atom. The average Bonchev–Trinajstić information content (AvgIpc) is 3.46. The molecule has 1 aliphatic heterocycles. The van der Waals surface area contributed by atoms with Crippen LogP contribution in [0.2, 0.25) is 5.02 Å². The first kappa shape index (κ1) is 31.3. The number of nitrogens with one attached hydrogen (secondary N) is 2. The minimum Gasteiger partial charge on any atom is -0.493 e. The van der Waals surface area contributed by atoms with Gasteiger partial charge in [0, 0.05) is 28.6 Å². The van der Waals surface area contributed by atoms with Gasteiger partial charge in [-0.3, -0.25) is 4.79 Å². The van der Waals surface area contributed by atoms with Gasteiger partial charge < -0.3 is 20.1 Å². The number of aryl methyl sites for hydroxylation is 1. The highest BCUT2D eigenvalue weighted by atomic mass is 35.5. The average molecular weight is 652 g/mol. The van der Waals surface area contributed by atoms with E-state index >= 15 is 0 Å². The van der Waals surface area contributed by atoms with Gasteiger partial charge in [0.2, 0.25) is 11.1 Å². The van der Waals surface area contributed by atoms with Crippen LogP contribution < -0.4 is 20.1 Å². The monoisotopic (exact) mass is 651 g/mol. The third kappa shape index (κ3) is 7.06. The summed E-state index contributed by atoms with van der Waals surface area (Å²) >= 11 is 7.88. The first-order chi connectivity index (χ1) is 22.4. The first-order valence-corrected chi connectivity index (χ1v) is 16.3. The largest absolute Gasteiger partial charge is 0.493 e. The van der Waals surface area contributed by atoms with Gasteiger partial charge in [0.05, 0.1) is 19.3 Å². The number of carbonyl (C=O) groups is 1. The molecule has 10 heteroatoms. The van der Waals surface area contributed by atoms with Crippen LogP contribution in [0.3, 0.4) is 0 Å². The van der Waals surface area contributed by atoms with Gasteiger partial charge in [-0.1, -0.05) is 90.1 Å². The predicted octanol–water partition coefficient (Wildman–Crippen LogP) is 8.09. The molecular formula is C36H34ClN5O3S. The molecule has 8 nitrogen and oxygen atoms in total. The fourth-order valence-corrected chi connectivity index (χ4v) is 6.49. The van der Waals surface area contributed by atoms with Crippen molar-refractivity contribution in [2.24, 2.45) is 0 Å². The molecule has 46 heavy (non-hydrogen) atoms. The molecule has 5 aromatic rings. The molecule has 1 aromatic heterocycles. The summed E-state index contributed by atoms with van der Waals surface area (Å²) in [6.45, 7) is 4.37. The number of halogens is 1. The van der Waals surface area contributed by atoms with E-state index in [1.165, 1.54) is 17.3 Å². The molecule has 4 aromatic carbocycles. The van der Waals surface area contributed by atoms with Gasteiger partial charge in [-0.2, -0.15) is 4.98 Å². The number of hydrogen-bond donors (Lipinski definition) is 2. The summed E-state index contributed by atoms with van der Waals surface area (Å²) in [5.41, 5.74) is 5.95. The van der Waals surface area contributed by atoms with Crippen molar-refractivity contribution in [2.75, 3.05) is 24.4 Å². The fourth-order valence-electron chi connectivity index (χ4n) is 5.37. The van der Waals surface area contributed by atoms with Crippen molar-refractivity contribution in [3.05, 3.63) is 136 Å². The number of methoxy groups -OCH3 is 1. The van der Waals surface area contributed by atoms with Crippen LogP contribution in [0.15, 0.2) is 113 Å². The van der Waals surface area contributed by atoms with Crippen LogP contribution >= 0.6 is 23.4 Å². The van der Waals surface area contributed by atoms with E-state index in [0.29, 0.717) is 56.9 Å². The first-order valence-electron chi connectivity index (χ1n) is 14.9. The minimum atomic E-state index is -0.588. The summed E-state index contributed by atoms with van der Waals surface area (Å²) < 4.78 is 13.7. The second-order valence-electron chi connectivity index (χ2n) is 10.9. The molecule has 0 saturated heterocycles. The van der Waals surface area contributed by atoms with E-state index in [1.807, 2.05) is 98.8 Å². The van der Waals surface area contributed by atoms with E-state index in [0.717, 1.165) is 23.1 Å². The third-order valence-corrected chi connectivity index (χ3v) is 8.92. The Morgan fingerprint density at radius 3 is 2.57 bits per heavy atom. The molecule has 6 rings (SSSR count). The number of benzene rings is 4. The summed E-state index contributed by atoms with van der Waals surface area (Å²) in [6.07, 6.45) is 0.766. The number of fused-ring (bicyclic) bond motifs is 1. The molecule has 0 spiro atoms. The molecule has 234 valence electrons. The van der Waals surface area contributed by atoms with Gasteiger partial charge >= 0.3 is 0 Å². The summed E-state index contributed by atoms with van der Waals surface area (Å²) in [4.78, 5) is 18.8. The maximum Gasteiger partial charge on any atom is 0.255 e.